The Labute approximate surface area is 97.8 Å². The zero-order chi connectivity index (χ0) is 12.1. The monoisotopic (exact) mass is 242 g/mol. The van der Waals surface area contributed by atoms with E-state index in [0.717, 1.165) is 0 Å². The summed E-state index contributed by atoms with van der Waals surface area (Å²) in [6.45, 7) is 1.53. The molecule has 0 saturated heterocycles. The predicted octanol–water partition coefficient (Wildman–Crippen LogP) is 1.03. The lowest BCUT2D eigenvalue weighted by atomic mass is 10.2. The van der Waals surface area contributed by atoms with Gasteiger partial charge in [-0.2, -0.15) is 0 Å². The van der Waals surface area contributed by atoms with E-state index in [2.05, 4.69) is 15.0 Å². The van der Waals surface area contributed by atoms with Crippen LogP contribution >= 0.6 is 11.6 Å². The number of nitrogens with one attached hydrogen (secondary N) is 1. The number of carbonyl (C=O) groups excluding carboxylic acids is 2. The lowest BCUT2D eigenvalue weighted by molar-refractivity contribution is -0.142. The number of aromatic nitrogens is 1. The van der Waals surface area contributed by atoms with Gasteiger partial charge in [0.2, 0.25) is 0 Å². The van der Waals surface area contributed by atoms with Crippen molar-refractivity contribution in [2.45, 2.75) is 13.0 Å². The van der Waals surface area contributed by atoms with Crippen molar-refractivity contribution in [3.8, 4) is 0 Å². The van der Waals surface area contributed by atoms with Crippen LogP contribution in [0.5, 0.6) is 0 Å². The molecule has 0 bridgehead atoms. The molecule has 16 heavy (non-hydrogen) atoms. The molecule has 6 heteroatoms. The molecule has 1 rings (SSSR count). The third-order valence-electron chi connectivity index (χ3n) is 1.92. The first-order chi connectivity index (χ1) is 7.56. The zero-order valence-electron chi connectivity index (χ0n) is 8.86. The van der Waals surface area contributed by atoms with E-state index in [9.17, 15) is 9.59 Å². The lowest BCUT2D eigenvalue weighted by Gasteiger charge is -2.11. The van der Waals surface area contributed by atoms with Gasteiger partial charge < -0.3 is 10.1 Å². The average Bonchev–Trinajstić information content (AvgIpc) is 2.28. The number of hydrogen-bond donors (Lipinski definition) is 1. The molecule has 0 fully saturated rings. The summed E-state index contributed by atoms with van der Waals surface area (Å²) in [5.41, 5.74) is 0.271. The summed E-state index contributed by atoms with van der Waals surface area (Å²) in [5.74, 6) is -0.955. The molecule has 1 atom stereocenters. The summed E-state index contributed by atoms with van der Waals surface area (Å²) in [6, 6.07) is 0.753. The Morgan fingerprint density at radius 2 is 2.25 bits per heavy atom. The number of rotatable bonds is 3. The summed E-state index contributed by atoms with van der Waals surface area (Å²) in [4.78, 5) is 26.5. The minimum atomic E-state index is -0.721. The summed E-state index contributed by atoms with van der Waals surface area (Å²) in [5, 5.41) is 2.70. The first-order valence-corrected chi connectivity index (χ1v) is 4.92. The van der Waals surface area contributed by atoms with E-state index < -0.39 is 17.9 Å². The highest BCUT2D eigenvalue weighted by Crippen LogP contribution is 2.13. The Kier molecular flexibility index (Phi) is 4.25. The van der Waals surface area contributed by atoms with E-state index in [-0.39, 0.29) is 10.6 Å². The second-order valence-electron chi connectivity index (χ2n) is 3.07. The minimum Gasteiger partial charge on any atom is -0.467 e. The van der Waals surface area contributed by atoms with Crippen LogP contribution in [-0.2, 0) is 9.53 Å². The van der Waals surface area contributed by atoms with Crippen molar-refractivity contribution in [2.75, 3.05) is 7.11 Å². The standard InChI is InChI=1S/C10H11ClN2O3/c1-6(10(15)16-2)13-9(14)7-3-4-12-5-8(7)11/h3-6H,1-2H3,(H,13,14). The van der Waals surface area contributed by atoms with Gasteiger partial charge in [0.1, 0.15) is 6.04 Å². The van der Waals surface area contributed by atoms with Gasteiger partial charge in [-0.05, 0) is 13.0 Å². The first kappa shape index (κ1) is 12.4. The van der Waals surface area contributed by atoms with E-state index in [4.69, 9.17) is 11.6 Å². The molecular formula is C10H11ClN2O3. The average molecular weight is 243 g/mol. The topological polar surface area (TPSA) is 68.3 Å². The largest absolute Gasteiger partial charge is 0.467 e. The molecule has 0 spiro atoms. The van der Waals surface area contributed by atoms with Crippen LogP contribution < -0.4 is 5.32 Å². The number of pyridine rings is 1. The molecule has 1 unspecified atom stereocenters. The van der Waals surface area contributed by atoms with Crippen molar-refractivity contribution in [1.82, 2.24) is 10.3 Å². The van der Waals surface area contributed by atoms with Crippen LogP contribution in [0, 0.1) is 0 Å². The van der Waals surface area contributed by atoms with Crippen LogP contribution in [0.1, 0.15) is 17.3 Å². The first-order valence-electron chi connectivity index (χ1n) is 4.54. The number of nitrogens with zero attached hydrogens (tertiary/aromatic N) is 1. The van der Waals surface area contributed by atoms with Crippen molar-refractivity contribution in [3.05, 3.63) is 29.0 Å². The van der Waals surface area contributed by atoms with E-state index in [1.54, 1.807) is 0 Å². The molecule has 5 nitrogen and oxygen atoms in total. The second-order valence-corrected chi connectivity index (χ2v) is 3.48. The molecule has 0 saturated carbocycles. The number of esters is 1. The third kappa shape index (κ3) is 2.93. The molecule has 0 radical (unpaired) electrons. The smallest absolute Gasteiger partial charge is 0.328 e. The minimum absolute atomic E-state index is 0.233. The molecule has 86 valence electrons. The molecule has 0 aromatic carbocycles. The summed E-state index contributed by atoms with van der Waals surface area (Å²) in [7, 11) is 1.25. The number of carbonyl (C=O) groups is 2. The number of methoxy groups -OCH3 is 1. The summed E-state index contributed by atoms with van der Waals surface area (Å²) < 4.78 is 4.48. The maximum Gasteiger partial charge on any atom is 0.328 e. The molecule has 1 N–H and O–H groups in total. The Bertz CT molecular complexity index is 409. The van der Waals surface area contributed by atoms with Gasteiger partial charge in [-0.3, -0.25) is 9.78 Å². The summed E-state index contributed by atoms with van der Waals surface area (Å²) in [6.07, 6.45) is 2.81. The van der Waals surface area contributed by atoms with E-state index in [1.165, 1.54) is 32.5 Å². The maximum absolute atomic E-state index is 11.7. The molecule has 1 amide bonds. The van der Waals surface area contributed by atoms with Crippen LogP contribution in [0.3, 0.4) is 0 Å². The normalized spacial score (nSPS) is 11.7. The highest BCUT2D eigenvalue weighted by molar-refractivity contribution is 6.33. The molecule has 1 aromatic heterocycles. The molecule has 1 aromatic rings. The van der Waals surface area contributed by atoms with Gasteiger partial charge in [-0.25, -0.2) is 4.79 Å². The van der Waals surface area contributed by atoms with Crippen molar-refractivity contribution in [2.24, 2.45) is 0 Å². The van der Waals surface area contributed by atoms with Crippen molar-refractivity contribution in [1.29, 1.82) is 0 Å². The van der Waals surface area contributed by atoms with E-state index >= 15 is 0 Å². The van der Waals surface area contributed by atoms with Gasteiger partial charge in [0, 0.05) is 12.4 Å². The van der Waals surface area contributed by atoms with Crippen LogP contribution in [-0.4, -0.2) is 30.0 Å². The van der Waals surface area contributed by atoms with Crippen molar-refractivity contribution in [3.63, 3.8) is 0 Å². The van der Waals surface area contributed by atoms with E-state index in [1.807, 2.05) is 0 Å². The van der Waals surface area contributed by atoms with Gasteiger partial charge in [0.05, 0.1) is 17.7 Å². The van der Waals surface area contributed by atoms with Gasteiger partial charge in [-0.15, -0.1) is 0 Å². The van der Waals surface area contributed by atoms with Crippen LogP contribution in [0.25, 0.3) is 0 Å². The Morgan fingerprint density at radius 3 is 2.81 bits per heavy atom. The highest BCUT2D eigenvalue weighted by atomic mass is 35.5. The maximum atomic E-state index is 11.7. The van der Waals surface area contributed by atoms with Gasteiger partial charge >= 0.3 is 5.97 Å². The van der Waals surface area contributed by atoms with Crippen LogP contribution in [0.4, 0.5) is 0 Å². The Balaban J connectivity index is 2.73. The predicted molar refractivity (Wildman–Crippen MR) is 58.2 cm³/mol. The number of hydrogen-bond acceptors (Lipinski definition) is 4. The van der Waals surface area contributed by atoms with Crippen molar-refractivity contribution >= 4 is 23.5 Å². The lowest BCUT2D eigenvalue weighted by Crippen LogP contribution is -2.39. The fourth-order valence-corrected chi connectivity index (χ4v) is 1.27. The molecular weight excluding hydrogens is 232 g/mol. The van der Waals surface area contributed by atoms with Gasteiger partial charge in [0.25, 0.3) is 5.91 Å². The fourth-order valence-electron chi connectivity index (χ4n) is 1.07. The third-order valence-corrected chi connectivity index (χ3v) is 2.22. The Morgan fingerprint density at radius 1 is 1.56 bits per heavy atom. The van der Waals surface area contributed by atoms with Gasteiger partial charge in [0.15, 0.2) is 0 Å². The SMILES string of the molecule is COC(=O)C(C)NC(=O)c1ccncc1Cl. The van der Waals surface area contributed by atoms with Crippen LogP contribution in [0.2, 0.25) is 5.02 Å². The van der Waals surface area contributed by atoms with Gasteiger partial charge in [-0.1, -0.05) is 11.6 Å². The molecule has 0 aliphatic heterocycles. The van der Waals surface area contributed by atoms with Crippen molar-refractivity contribution < 1.29 is 14.3 Å². The zero-order valence-corrected chi connectivity index (χ0v) is 9.62. The molecule has 0 aliphatic carbocycles. The number of ether oxygens (including phenoxy) is 1. The molecule has 1 heterocycles. The second kappa shape index (κ2) is 5.46. The fraction of sp³-hybridized carbons (Fsp3) is 0.300. The summed E-state index contributed by atoms with van der Waals surface area (Å²) >= 11 is 5.78. The van der Waals surface area contributed by atoms with E-state index in [0.29, 0.717) is 0 Å². The quantitative estimate of drug-likeness (QED) is 0.804. The molecule has 0 aliphatic rings. The Hall–Kier alpha value is -1.62. The number of halogens is 1. The number of amides is 1. The van der Waals surface area contributed by atoms with Crippen LogP contribution in [0.15, 0.2) is 18.5 Å². The highest BCUT2D eigenvalue weighted by Gasteiger charge is 2.18.